The number of hydrogen-bond donors (Lipinski definition) is 1. The van der Waals surface area contributed by atoms with Crippen molar-refractivity contribution in [2.24, 2.45) is 7.05 Å². The number of aryl methyl sites for hydroxylation is 2. The molecule has 1 N–H and O–H groups in total. The van der Waals surface area contributed by atoms with E-state index >= 15 is 0 Å². The van der Waals surface area contributed by atoms with Gasteiger partial charge >= 0.3 is 0 Å². The molecule has 0 unspecified atom stereocenters. The van der Waals surface area contributed by atoms with Crippen LogP contribution in [0.2, 0.25) is 0 Å². The van der Waals surface area contributed by atoms with Gasteiger partial charge in [0, 0.05) is 55.9 Å². The molecule has 1 saturated heterocycles. The Kier molecular flexibility index (Phi) is 5.92. The van der Waals surface area contributed by atoms with E-state index in [-0.39, 0.29) is 18.2 Å². The van der Waals surface area contributed by atoms with Crippen molar-refractivity contribution in [2.75, 3.05) is 32.6 Å². The van der Waals surface area contributed by atoms with Crippen molar-refractivity contribution >= 4 is 17.5 Å². The zero-order chi connectivity index (χ0) is 20.3. The van der Waals surface area contributed by atoms with Crippen LogP contribution in [0.3, 0.4) is 0 Å². The van der Waals surface area contributed by atoms with Crippen LogP contribution >= 0.6 is 0 Å². The smallest absolute Gasteiger partial charge is 0.257 e. The lowest BCUT2D eigenvalue weighted by Gasteiger charge is -2.16. The van der Waals surface area contributed by atoms with Gasteiger partial charge in [0.1, 0.15) is 11.5 Å². The van der Waals surface area contributed by atoms with Crippen molar-refractivity contribution in [1.29, 1.82) is 0 Å². The van der Waals surface area contributed by atoms with E-state index in [0.29, 0.717) is 22.7 Å². The molecule has 2 heterocycles. The van der Waals surface area contributed by atoms with E-state index in [2.05, 4.69) is 5.32 Å². The van der Waals surface area contributed by atoms with Crippen LogP contribution in [-0.4, -0.2) is 48.6 Å². The van der Waals surface area contributed by atoms with Gasteiger partial charge in [-0.25, -0.2) is 0 Å². The molecule has 1 aromatic carbocycles. The summed E-state index contributed by atoms with van der Waals surface area (Å²) in [6, 6.07) is 5.20. The van der Waals surface area contributed by atoms with Crippen molar-refractivity contribution in [2.45, 2.75) is 26.2 Å². The first kappa shape index (κ1) is 19.8. The van der Waals surface area contributed by atoms with E-state index in [1.807, 2.05) is 29.6 Å². The molecule has 1 aliphatic heterocycles. The van der Waals surface area contributed by atoms with E-state index < -0.39 is 0 Å². The van der Waals surface area contributed by atoms with E-state index in [1.54, 1.807) is 32.4 Å². The molecule has 0 atom stereocenters. The molecular formula is C21H27N3O4. The number of nitrogens with zero attached hydrogens (tertiary/aromatic N) is 2. The third-order valence-electron chi connectivity index (χ3n) is 5.11. The number of benzene rings is 1. The van der Waals surface area contributed by atoms with Crippen molar-refractivity contribution < 1.29 is 19.1 Å². The Labute approximate surface area is 165 Å². The summed E-state index contributed by atoms with van der Waals surface area (Å²) in [7, 11) is 4.98. The Morgan fingerprint density at radius 2 is 1.68 bits per heavy atom. The van der Waals surface area contributed by atoms with Gasteiger partial charge < -0.3 is 24.3 Å². The van der Waals surface area contributed by atoms with Crippen LogP contribution in [0.1, 0.15) is 34.5 Å². The fourth-order valence-electron chi connectivity index (χ4n) is 3.65. The molecule has 2 aromatic rings. The van der Waals surface area contributed by atoms with Gasteiger partial charge in [0.15, 0.2) is 0 Å². The summed E-state index contributed by atoms with van der Waals surface area (Å²) in [6.07, 6.45) is 4.19. The first-order valence-electron chi connectivity index (χ1n) is 9.40. The number of ether oxygens (including phenoxy) is 2. The second-order valence-corrected chi connectivity index (χ2v) is 7.06. The largest absolute Gasteiger partial charge is 0.497 e. The molecule has 0 saturated carbocycles. The second-order valence-electron chi connectivity index (χ2n) is 7.06. The number of carbonyl (C=O) groups excluding carboxylic acids is 2. The van der Waals surface area contributed by atoms with E-state index in [9.17, 15) is 9.59 Å². The minimum absolute atomic E-state index is 0.0656. The minimum atomic E-state index is -0.252. The average Bonchev–Trinajstić information content (AvgIpc) is 3.30. The maximum absolute atomic E-state index is 13.0. The van der Waals surface area contributed by atoms with E-state index in [4.69, 9.17) is 9.47 Å². The topological polar surface area (TPSA) is 72.8 Å². The summed E-state index contributed by atoms with van der Waals surface area (Å²) in [5.74, 6) is 0.987. The number of anilines is 1. The normalized spacial score (nSPS) is 13.5. The second kappa shape index (κ2) is 8.37. The third kappa shape index (κ3) is 4.13. The van der Waals surface area contributed by atoms with Gasteiger partial charge in [-0.1, -0.05) is 0 Å². The van der Waals surface area contributed by atoms with Crippen LogP contribution in [0, 0.1) is 6.92 Å². The molecule has 7 nitrogen and oxygen atoms in total. The number of amides is 2. The van der Waals surface area contributed by atoms with Crippen molar-refractivity contribution in [3.05, 3.63) is 41.2 Å². The Bertz CT molecular complexity index is 860. The summed E-state index contributed by atoms with van der Waals surface area (Å²) in [6.45, 7) is 3.48. The highest BCUT2D eigenvalue weighted by Crippen LogP contribution is 2.27. The Morgan fingerprint density at radius 1 is 1.07 bits per heavy atom. The van der Waals surface area contributed by atoms with Gasteiger partial charge in [0.25, 0.3) is 5.91 Å². The number of likely N-dealkylation sites (tertiary alicyclic amines) is 1. The predicted octanol–water partition coefficient (Wildman–Crippen LogP) is 2.77. The van der Waals surface area contributed by atoms with E-state index in [0.717, 1.165) is 37.2 Å². The predicted molar refractivity (Wildman–Crippen MR) is 107 cm³/mol. The fourth-order valence-corrected chi connectivity index (χ4v) is 3.65. The van der Waals surface area contributed by atoms with Crippen LogP contribution in [0.15, 0.2) is 24.4 Å². The summed E-state index contributed by atoms with van der Waals surface area (Å²) in [5.41, 5.74) is 2.67. The van der Waals surface area contributed by atoms with Gasteiger partial charge in [-0.15, -0.1) is 0 Å². The fraction of sp³-hybridized carbons (Fsp3) is 0.429. The van der Waals surface area contributed by atoms with Crippen LogP contribution in [0.25, 0.3) is 0 Å². The molecule has 0 aliphatic carbocycles. The Morgan fingerprint density at radius 3 is 2.25 bits per heavy atom. The quantitative estimate of drug-likeness (QED) is 0.830. The first-order valence-corrected chi connectivity index (χ1v) is 9.40. The summed E-state index contributed by atoms with van der Waals surface area (Å²) in [5, 5.41) is 2.91. The number of hydrogen-bond acceptors (Lipinski definition) is 4. The number of rotatable bonds is 6. The number of aromatic nitrogens is 1. The third-order valence-corrected chi connectivity index (χ3v) is 5.11. The number of methoxy groups -OCH3 is 2. The monoisotopic (exact) mass is 385 g/mol. The molecule has 1 fully saturated rings. The lowest BCUT2D eigenvalue weighted by Crippen LogP contribution is -2.30. The standard InChI is InChI=1S/C21H27N3O4/c1-14-13-23(2)18(12-19(25)24-7-5-6-8-24)20(14)21(26)22-15-9-16(27-3)11-17(10-15)28-4/h9-11,13H,5-8,12H2,1-4H3,(H,22,26). The van der Waals surface area contributed by atoms with Gasteiger partial charge in [0.2, 0.25) is 5.91 Å². The zero-order valence-electron chi connectivity index (χ0n) is 16.9. The molecule has 0 bridgehead atoms. The lowest BCUT2D eigenvalue weighted by molar-refractivity contribution is -0.129. The molecule has 0 spiro atoms. The molecule has 0 radical (unpaired) electrons. The van der Waals surface area contributed by atoms with Crippen molar-refractivity contribution in [3.63, 3.8) is 0 Å². The highest BCUT2D eigenvalue weighted by Gasteiger charge is 2.24. The van der Waals surface area contributed by atoms with Gasteiger partial charge in [0.05, 0.1) is 26.2 Å². The molecular weight excluding hydrogens is 358 g/mol. The summed E-state index contributed by atoms with van der Waals surface area (Å²) < 4.78 is 12.4. The van der Waals surface area contributed by atoms with Crippen LogP contribution in [0.4, 0.5) is 5.69 Å². The number of nitrogens with one attached hydrogen (secondary N) is 1. The minimum Gasteiger partial charge on any atom is -0.497 e. The molecule has 150 valence electrons. The highest BCUT2D eigenvalue weighted by atomic mass is 16.5. The Hall–Kier alpha value is -2.96. The van der Waals surface area contributed by atoms with Crippen molar-refractivity contribution in [1.82, 2.24) is 9.47 Å². The average molecular weight is 385 g/mol. The molecule has 1 aliphatic rings. The summed E-state index contributed by atoms with van der Waals surface area (Å²) in [4.78, 5) is 27.5. The zero-order valence-corrected chi connectivity index (χ0v) is 16.9. The lowest BCUT2D eigenvalue weighted by atomic mass is 10.1. The van der Waals surface area contributed by atoms with E-state index in [1.165, 1.54) is 0 Å². The summed E-state index contributed by atoms with van der Waals surface area (Å²) >= 11 is 0. The molecule has 2 amide bonds. The van der Waals surface area contributed by atoms with Crippen LogP contribution < -0.4 is 14.8 Å². The van der Waals surface area contributed by atoms with Gasteiger partial charge in [-0.3, -0.25) is 9.59 Å². The molecule has 3 rings (SSSR count). The maximum Gasteiger partial charge on any atom is 0.257 e. The first-order chi connectivity index (χ1) is 13.4. The Balaban J connectivity index is 1.84. The van der Waals surface area contributed by atoms with Crippen molar-refractivity contribution in [3.8, 4) is 11.5 Å². The maximum atomic E-state index is 13.0. The highest BCUT2D eigenvalue weighted by molar-refractivity contribution is 6.07. The molecule has 1 aromatic heterocycles. The SMILES string of the molecule is COc1cc(NC(=O)c2c(C)cn(C)c2CC(=O)N2CCCC2)cc(OC)c1. The van der Waals surface area contributed by atoms with Crippen LogP contribution in [0.5, 0.6) is 11.5 Å². The molecule has 28 heavy (non-hydrogen) atoms. The van der Waals surface area contributed by atoms with Gasteiger partial charge in [-0.2, -0.15) is 0 Å². The van der Waals surface area contributed by atoms with Crippen LogP contribution in [-0.2, 0) is 18.3 Å². The number of carbonyl (C=O) groups is 2. The van der Waals surface area contributed by atoms with Gasteiger partial charge in [-0.05, 0) is 25.3 Å². The molecule has 7 heteroatoms.